The molecule has 1 aliphatic rings. The van der Waals surface area contributed by atoms with Gasteiger partial charge in [0.15, 0.2) is 0 Å². The lowest BCUT2D eigenvalue weighted by atomic mass is 9.88. The average molecular weight is 253 g/mol. The predicted octanol–water partition coefficient (Wildman–Crippen LogP) is 2.49. The van der Waals surface area contributed by atoms with Gasteiger partial charge in [-0.3, -0.25) is 4.79 Å². The highest BCUT2D eigenvalue weighted by Gasteiger charge is 2.25. The van der Waals surface area contributed by atoms with Crippen LogP contribution in [-0.2, 0) is 9.59 Å². The standard InChI is InChI=1S/C14H23NO3/c1-2-3-5-10-12(14(17)18)15-13(16)11-8-6-4-7-9-11/h2,11-12H,1,3-10H2,(H,15,16)(H,17,18)/t12-/m1/s1. The summed E-state index contributed by atoms with van der Waals surface area (Å²) >= 11 is 0. The van der Waals surface area contributed by atoms with Gasteiger partial charge in [-0.25, -0.2) is 4.79 Å². The van der Waals surface area contributed by atoms with Crippen molar-refractivity contribution in [3.63, 3.8) is 0 Å². The number of unbranched alkanes of at least 4 members (excludes halogenated alkanes) is 1. The van der Waals surface area contributed by atoms with Crippen molar-refractivity contribution in [3.8, 4) is 0 Å². The number of rotatable bonds is 7. The highest BCUT2D eigenvalue weighted by molar-refractivity contribution is 5.84. The fraction of sp³-hybridized carbons (Fsp3) is 0.714. The fourth-order valence-electron chi connectivity index (χ4n) is 2.38. The molecule has 0 aromatic heterocycles. The Morgan fingerprint density at radius 3 is 2.56 bits per heavy atom. The van der Waals surface area contributed by atoms with Crippen LogP contribution in [0.1, 0.15) is 51.4 Å². The number of amides is 1. The van der Waals surface area contributed by atoms with E-state index >= 15 is 0 Å². The molecule has 0 radical (unpaired) electrons. The maximum atomic E-state index is 12.0. The molecular formula is C14H23NO3. The summed E-state index contributed by atoms with van der Waals surface area (Å²) in [6.07, 6.45) is 8.88. The number of allylic oxidation sites excluding steroid dienone is 1. The molecule has 0 aromatic carbocycles. The van der Waals surface area contributed by atoms with E-state index in [0.717, 1.165) is 38.5 Å². The number of carbonyl (C=O) groups is 2. The molecule has 1 amide bonds. The van der Waals surface area contributed by atoms with Crippen LogP contribution < -0.4 is 5.32 Å². The second-order valence-electron chi connectivity index (χ2n) is 4.95. The van der Waals surface area contributed by atoms with Crippen LogP contribution in [0.3, 0.4) is 0 Å². The fourth-order valence-corrected chi connectivity index (χ4v) is 2.38. The molecule has 4 heteroatoms. The molecule has 0 aromatic rings. The zero-order valence-electron chi connectivity index (χ0n) is 10.9. The van der Waals surface area contributed by atoms with Crippen molar-refractivity contribution < 1.29 is 14.7 Å². The van der Waals surface area contributed by atoms with Gasteiger partial charge in [-0.1, -0.05) is 25.3 Å². The quantitative estimate of drug-likeness (QED) is 0.541. The molecule has 102 valence electrons. The van der Waals surface area contributed by atoms with Crippen molar-refractivity contribution in [1.82, 2.24) is 5.32 Å². The number of hydrogen-bond donors (Lipinski definition) is 2. The van der Waals surface area contributed by atoms with E-state index in [1.807, 2.05) is 0 Å². The number of carboxylic acids is 1. The Hall–Kier alpha value is -1.32. The minimum atomic E-state index is -0.941. The third kappa shape index (κ3) is 4.90. The number of aliphatic carboxylic acids is 1. The van der Waals surface area contributed by atoms with E-state index < -0.39 is 12.0 Å². The Bertz CT molecular complexity index is 295. The van der Waals surface area contributed by atoms with Crippen LogP contribution in [-0.4, -0.2) is 23.0 Å². The van der Waals surface area contributed by atoms with Gasteiger partial charge in [0, 0.05) is 5.92 Å². The molecule has 1 saturated carbocycles. The van der Waals surface area contributed by atoms with Crippen molar-refractivity contribution in [2.45, 2.75) is 57.4 Å². The molecule has 0 bridgehead atoms. The van der Waals surface area contributed by atoms with Crippen molar-refractivity contribution in [3.05, 3.63) is 12.7 Å². The van der Waals surface area contributed by atoms with Gasteiger partial charge in [0.25, 0.3) is 0 Å². The normalized spacial score (nSPS) is 18.0. The smallest absolute Gasteiger partial charge is 0.326 e. The Labute approximate surface area is 108 Å². The van der Waals surface area contributed by atoms with Gasteiger partial charge in [0.2, 0.25) is 5.91 Å². The van der Waals surface area contributed by atoms with E-state index in [-0.39, 0.29) is 11.8 Å². The van der Waals surface area contributed by atoms with Crippen LogP contribution in [0.5, 0.6) is 0 Å². The molecule has 0 aliphatic heterocycles. The Balaban J connectivity index is 2.41. The summed E-state index contributed by atoms with van der Waals surface area (Å²) in [5.74, 6) is -1.01. The molecule has 1 fully saturated rings. The van der Waals surface area contributed by atoms with E-state index in [1.165, 1.54) is 6.42 Å². The maximum Gasteiger partial charge on any atom is 0.326 e. The Morgan fingerprint density at radius 2 is 2.00 bits per heavy atom. The number of hydrogen-bond acceptors (Lipinski definition) is 2. The van der Waals surface area contributed by atoms with E-state index in [4.69, 9.17) is 5.11 Å². The zero-order valence-corrected chi connectivity index (χ0v) is 10.9. The molecule has 2 N–H and O–H groups in total. The highest BCUT2D eigenvalue weighted by Crippen LogP contribution is 2.23. The first kappa shape index (κ1) is 14.7. The van der Waals surface area contributed by atoms with Gasteiger partial charge < -0.3 is 10.4 Å². The molecule has 0 spiro atoms. The van der Waals surface area contributed by atoms with Crippen molar-refractivity contribution in [2.24, 2.45) is 5.92 Å². The van der Waals surface area contributed by atoms with E-state index in [1.54, 1.807) is 6.08 Å². The van der Waals surface area contributed by atoms with Gasteiger partial charge in [-0.05, 0) is 32.1 Å². The SMILES string of the molecule is C=CCCC[C@@H](NC(=O)C1CCCCC1)C(=O)O. The first-order chi connectivity index (χ1) is 8.65. The number of nitrogens with one attached hydrogen (secondary N) is 1. The monoisotopic (exact) mass is 253 g/mol. The Kier molecular flexibility index (Phi) is 6.47. The van der Waals surface area contributed by atoms with E-state index in [9.17, 15) is 9.59 Å². The number of carbonyl (C=O) groups excluding carboxylic acids is 1. The summed E-state index contributed by atoms with van der Waals surface area (Å²) in [5, 5.41) is 11.8. The van der Waals surface area contributed by atoms with Crippen molar-refractivity contribution in [2.75, 3.05) is 0 Å². The zero-order chi connectivity index (χ0) is 13.4. The predicted molar refractivity (Wildman–Crippen MR) is 70.2 cm³/mol. The molecule has 18 heavy (non-hydrogen) atoms. The average Bonchev–Trinajstić information content (AvgIpc) is 2.38. The second kappa shape index (κ2) is 7.90. The van der Waals surface area contributed by atoms with Crippen molar-refractivity contribution >= 4 is 11.9 Å². The summed E-state index contributed by atoms with van der Waals surface area (Å²) in [7, 11) is 0. The summed E-state index contributed by atoms with van der Waals surface area (Å²) < 4.78 is 0. The van der Waals surface area contributed by atoms with Crippen LogP contribution in [0.4, 0.5) is 0 Å². The molecule has 1 rings (SSSR count). The molecule has 0 heterocycles. The third-order valence-corrected chi connectivity index (χ3v) is 3.49. The van der Waals surface area contributed by atoms with Gasteiger partial charge in [-0.2, -0.15) is 0 Å². The van der Waals surface area contributed by atoms with Gasteiger partial charge in [-0.15, -0.1) is 6.58 Å². The third-order valence-electron chi connectivity index (χ3n) is 3.49. The topological polar surface area (TPSA) is 66.4 Å². The molecule has 1 aliphatic carbocycles. The van der Waals surface area contributed by atoms with E-state index in [0.29, 0.717) is 6.42 Å². The maximum absolute atomic E-state index is 12.0. The Morgan fingerprint density at radius 1 is 1.33 bits per heavy atom. The van der Waals surface area contributed by atoms with Crippen LogP contribution in [0, 0.1) is 5.92 Å². The first-order valence-electron chi connectivity index (χ1n) is 6.79. The lowest BCUT2D eigenvalue weighted by molar-refractivity contribution is -0.142. The van der Waals surface area contributed by atoms with Crippen LogP contribution in [0.25, 0.3) is 0 Å². The molecule has 4 nitrogen and oxygen atoms in total. The van der Waals surface area contributed by atoms with Gasteiger partial charge in [0.1, 0.15) is 6.04 Å². The number of carboxylic acid groups (broad SMARTS) is 1. The van der Waals surface area contributed by atoms with Gasteiger partial charge in [0.05, 0.1) is 0 Å². The van der Waals surface area contributed by atoms with E-state index in [2.05, 4.69) is 11.9 Å². The van der Waals surface area contributed by atoms with Crippen LogP contribution >= 0.6 is 0 Å². The summed E-state index contributed by atoms with van der Waals surface area (Å²) in [6.45, 7) is 3.60. The lowest BCUT2D eigenvalue weighted by Gasteiger charge is -2.23. The molecular weight excluding hydrogens is 230 g/mol. The molecule has 1 atom stereocenters. The van der Waals surface area contributed by atoms with Crippen molar-refractivity contribution in [1.29, 1.82) is 0 Å². The summed E-state index contributed by atoms with van der Waals surface area (Å²) in [6, 6.07) is -0.751. The second-order valence-corrected chi connectivity index (χ2v) is 4.95. The minimum absolute atomic E-state index is 0.0139. The molecule has 0 unspecified atom stereocenters. The van der Waals surface area contributed by atoms with Crippen LogP contribution in [0.2, 0.25) is 0 Å². The lowest BCUT2D eigenvalue weighted by Crippen LogP contribution is -2.44. The summed E-state index contributed by atoms with van der Waals surface area (Å²) in [4.78, 5) is 23.0. The minimum Gasteiger partial charge on any atom is -0.480 e. The highest BCUT2D eigenvalue weighted by atomic mass is 16.4. The summed E-state index contributed by atoms with van der Waals surface area (Å²) in [5.41, 5.74) is 0. The molecule has 0 saturated heterocycles. The largest absolute Gasteiger partial charge is 0.480 e. The van der Waals surface area contributed by atoms with Crippen LogP contribution in [0.15, 0.2) is 12.7 Å². The van der Waals surface area contributed by atoms with Gasteiger partial charge >= 0.3 is 5.97 Å². The first-order valence-corrected chi connectivity index (χ1v) is 6.79.